The van der Waals surface area contributed by atoms with Crippen LogP contribution in [-0.4, -0.2) is 43.4 Å². The molecule has 0 fully saturated rings. The molecule has 6 heteroatoms. The van der Waals surface area contributed by atoms with Crippen LogP contribution in [0.4, 0.5) is 5.13 Å². The summed E-state index contributed by atoms with van der Waals surface area (Å²) in [6.07, 6.45) is 0.920. The highest BCUT2D eigenvalue weighted by atomic mass is 32.1. The number of carbonyl (C=O) groups is 1. The molecule has 0 aliphatic rings. The Balaban J connectivity index is 2.46. The topological polar surface area (TPSA) is 62.7 Å². The van der Waals surface area contributed by atoms with Crippen molar-refractivity contribution in [1.82, 2.24) is 4.98 Å². The zero-order valence-electron chi connectivity index (χ0n) is 9.47. The van der Waals surface area contributed by atoms with E-state index in [0.29, 0.717) is 5.69 Å². The number of thiazole rings is 1. The Hall–Kier alpha value is -1.14. The van der Waals surface area contributed by atoms with Gasteiger partial charge in [-0.05, 0) is 6.42 Å². The van der Waals surface area contributed by atoms with Crippen molar-refractivity contribution in [3.63, 3.8) is 0 Å². The number of rotatable bonds is 7. The fourth-order valence-electron chi connectivity index (χ4n) is 1.25. The van der Waals surface area contributed by atoms with Gasteiger partial charge in [-0.1, -0.05) is 0 Å². The highest BCUT2D eigenvalue weighted by Gasteiger charge is 2.09. The molecular formula is C10H16N2O3S. The highest BCUT2D eigenvalue weighted by Crippen LogP contribution is 2.19. The predicted molar refractivity (Wildman–Crippen MR) is 63.2 cm³/mol. The van der Waals surface area contributed by atoms with E-state index >= 15 is 0 Å². The van der Waals surface area contributed by atoms with E-state index in [4.69, 9.17) is 9.84 Å². The molecule has 1 heterocycles. The number of anilines is 1. The summed E-state index contributed by atoms with van der Waals surface area (Å²) in [7, 11) is 3.62. The smallest absolute Gasteiger partial charge is 0.309 e. The fraction of sp³-hybridized carbons (Fsp3) is 0.600. The maximum atomic E-state index is 10.5. The van der Waals surface area contributed by atoms with E-state index in [-0.39, 0.29) is 6.42 Å². The number of ether oxygens (including phenoxy) is 1. The van der Waals surface area contributed by atoms with Crippen molar-refractivity contribution >= 4 is 22.4 Å². The van der Waals surface area contributed by atoms with Crippen molar-refractivity contribution in [3.05, 3.63) is 11.1 Å². The number of aromatic nitrogens is 1. The molecule has 1 aromatic heterocycles. The number of hydrogen-bond acceptors (Lipinski definition) is 5. The van der Waals surface area contributed by atoms with Crippen LogP contribution in [0.1, 0.15) is 12.1 Å². The summed E-state index contributed by atoms with van der Waals surface area (Å²) in [4.78, 5) is 16.8. The molecule has 0 atom stereocenters. The Morgan fingerprint density at radius 2 is 2.44 bits per heavy atom. The Morgan fingerprint density at radius 3 is 3.06 bits per heavy atom. The molecule has 16 heavy (non-hydrogen) atoms. The molecule has 1 rings (SSSR count). The van der Waals surface area contributed by atoms with Gasteiger partial charge in [-0.3, -0.25) is 4.79 Å². The summed E-state index contributed by atoms with van der Waals surface area (Å²) in [6, 6.07) is 0. The van der Waals surface area contributed by atoms with Gasteiger partial charge in [0.2, 0.25) is 0 Å². The van der Waals surface area contributed by atoms with E-state index in [1.807, 2.05) is 11.9 Å². The van der Waals surface area contributed by atoms with Crippen LogP contribution in [0.5, 0.6) is 0 Å². The fourth-order valence-corrected chi connectivity index (χ4v) is 2.07. The van der Waals surface area contributed by atoms with E-state index < -0.39 is 5.97 Å². The molecule has 0 bridgehead atoms. The zero-order chi connectivity index (χ0) is 12.0. The van der Waals surface area contributed by atoms with Gasteiger partial charge in [-0.25, -0.2) is 4.98 Å². The number of hydrogen-bond donors (Lipinski definition) is 1. The molecule has 0 amide bonds. The third-order valence-corrected chi connectivity index (χ3v) is 3.04. The lowest BCUT2D eigenvalue weighted by Gasteiger charge is -2.14. The second kappa shape index (κ2) is 6.44. The van der Waals surface area contributed by atoms with E-state index in [1.54, 1.807) is 12.5 Å². The van der Waals surface area contributed by atoms with Crippen molar-refractivity contribution in [2.45, 2.75) is 12.8 Å². The van der Waals surface area contributed by atoms with Crippen LogP contribution in [-0.2, 0) is 16.0 Å². The van der Waals surface area contributed by atoms with E-state index in [1.165, 1.54) is 11.3 Å². The molecule has 0 aliphatic heterocycles. The van der Waals surface area contributed by atoms with Gasteiger partial charge in [0, 0.05) is 32.7 Å². The van der Waals surface area contributed by atoms with Crippen LogP contribution >= 0.6 is 11.3 Å². The van der Waals surface area contributed by atoms with Crippen molar-refractivity contribution in [2.24, 2.45) is 0 Å². The minimum absolute atomic E-state index is 0.0115. The van der Waals surface area contributed by atoms with Crippen molar-refractivity contribution < 1.29 is 14.6 Å². The summed E-state index contributed by atoms with van der Waals surface area (Å²) in [5, 5.41) is 11.3. The SMILES string of the molecule is COCCCN(C)c1nc(CC(=O)O)cs1. The molecule has 0 aliphatic carbocycles. The van der Waals surface area contributed by atoms with Crippen LogP contribution in [0.2, 0.25) is 0 Å². The van der Waals surface area contributed by atoms with Crippen LogP contribution in [0, 0.1) is 0 Å². The lowest BCUT2D eigenvalue weighted by atomic mass is 10.3. The van der Waals surface area contributed by atoms with Crippen molar-refractivity contribution in [1.29, 1.82) is 0 Å². The van der Waals surface area contributed by atoms with Gasteiger partial charge in [0.25, 0.3) is 0 Å². The first-order valence-electron chi connectivity index (χ1n) is 4.99. The van der Waals surface area contributed by atoms with E-state index in [2.05, 4.69) is 4.98 Å². The quantitative estimate of drug-likeness (QED) is 0.731. The van der Waals surface area contributed by atoms with Gasteiger partial charge in [0.15, 0.2) is 5.13 Å². The average molecular weight is 244 g/mol. The first kappa shape index (κ1) is 12.9. The number of methoxy groups -OCH3 is 1. The summed E-state index contributed by atoms with van der Waals surface area (Å²) in [6.45, 7) is 1.57. The van der Waals surface area contributed by atoms with Crippen LogP contribution in [0.25, 0.3) is 0 Å². The third kappa shape index (κ3) is 4.16. The summed E-state index contributed by atoms with van der Waals surface area (Å²) in [5.74, 6) is -0.848. The summed E-state index contributed by atoms with van der Waals surface area (Å²) in [5.41, 5.74) is 0.617. The van der Waals surface area contributed by atoms with Crippen LogP contribution in [0.3, 0.4) is 0 Å². The Bertz CT molecular complexity index is 341. The molecule has 0 saturated heterocycles. The molecule has 1 aromatic rings. The minimum atomic E-state index is -0.848. The van der Waals surface area contributed by atoms with Gasteiger partial charge in [0.1, 0.15) is 0 Å². The summed E-state index contributed by atoms with van der Waals surface area (Å²) < 4.78 is 4.96. The Morgan fingerprint density at radius 1 is 1.69 bits per heavy atom. The molecule has 0 aromatic carbocycles. The number of carboxylic acids is 1. The Labute approximate surface area is 98.7 Å². The summed E-state index contributed by atoms with van der Waals surface area (Å²) >= 11 is 1.47. The van der Waals surface area contributed by atoms with Crippen LogP contribution < -0.4 is 4.90 Å². The molecule has 0 radical (unpaired) electrons. The maximum absolute atomic E-state index is 10.5. The number of nitrogens with zero attached hydrogens (tertiary/aromatic N) is 2. The third-order valence-electron chi connectivity index (χ3n) is 2.04. The normalized spacial score (nSPS) is 10.4. The molecule has 0 saturated carbocycles. The van der Waals surface area contributed by atoms with Crippen molar-refractivity contribution in [3.8, 4) is 0 Å². The first-order chi connectivity index (χ1) is 7.63. The zero-order valence-corrected chi connectivity index (χ0v) is 10.3. The van der Waals surface area contributed by atoms with E-state index in [9.17, 15) is 4.79 Å². The molecule has 0 unspecified atom stereocenters. The highest BCUT2D eigenvalue weighted by molar-refractivity contribution is 7.13. The van der Waals surface area contributed by atoms with E-state index in [0.717, 1.165) is 24.7 Å². The van der Waals surface area contributed by atoms with Crippen molar-refractivity contribution in [2.75, 3.05) is 32.2 Å². The standard InChI is InChI=1S/C10H16N2O3S/c1-12(4-3-5-15-2)10-11-8(7-16-10)6-9(13)14/h7H,3-6H2,1-2H3,(H,13,14). The largest absolute Gasteiger partial charge is 0.481 e. The molecule has 0 spiro atoms. The Kier molecular flexibility index (Phi) is 5.21. The molecule has 90 valence electrons. The van der Waals surface area contributed by atoms with Gasteiger partial charge in [-0.15, -0.1) is 11.3 Å². The molecule has 1 N–H and O–H groups in total. The van der Waals surface area contributed by atoms with Gasteiger partial charge >= 0.3 is 5.97 Å². The minimum Gasteiger partial charge on any atom is -0.481 e. The predicted octanol–water partition coefficient (Wildman–Crippen LogP) is 1.24. The second-order valence-electron chi connectivity index (χ2n) is 3.46. The molecular weight excluding hydrogens is 228 g/mol. The number of carboxylic acid groups (broad SMARTS) is 1. The van der Waals surface area contributed by atoms with Gasteiger partial charge in [0.05, 0.1) is 12.1 Å². The average Bonchev–Trinajstić information content (AvgIpc) is 2.65. The lowest BCUT2D eigenvalue weighted by molar-refractivity contribution is -0.136. The lowest BCUT2D eigenvalue weighted by Crippen LogP contribution is -2.19. The van der Waals surface area contributed by atoms with Gasteiger partial charge in [-0.2, -0.15) is 0 Å². The van der Waals surface area contributed by atoms with Gasteiger partial charge < -0.3 is 14.7 Å². The monoisotopic (exact) mass is 244 g/mol. The molecule has 5 nitrogen and oxygen atoms in total. The second-order valence-corrected chi connectivity index (χ2v) is 4.30. The first-order valence-corrected chi connectivity index (χ1v) is 5.87. The number of aliphatic carboxylic acids is 1. The maximum Gasteiger partial charge on any atom is 0.309 e. The van der Waals surface area contributed by atoms with Crippen LogP contribution in [0.15, 0.2) is 5.38 Å².